The molecule has 1 aliphatic rings. The summed E-state index contributed by atoms with van der Waals surface area (Å²) in [5, 5.41) is 4.48. The van der Waals surface area contributed by atoms with Gasteiger partial charge in [0.25, 0.3) is 5.91 Å². The quantitative estimate of drug-likeness (QED) is 0.942. The minimum absolute atomic E-state index is 0.113. The predicted octanol–water partition coefficient (Wildman–Crippen LogP) is 2.50. The number of likely N-dealkylation sites (tertiary alicyclic amines) is 1. The number of hydrogen-bond acceptors (Lipinski definition) is 3. The molecule has 1 amide bonds. The smallest absolute Gasteiger partial charge is 0.253 e. The average molecular weight is 326 g/mol. The molecule has 5 nitrogen and oxygen atoms in total. The number of hydrogen-bond donors (Lipinski definition) is 1. The number of nitrogens with two attached hydrogens (primary N) is 1. The van der Waals surface area contributed by atoms with Gasteiger partial charge in [0.15, 0.2) is 0 Å². The monoisotopic (exact) mass is 326 g/mol. The van der Waals surface area contributed by atoms with Gasteiger partial charge in [-0.3, -0.25) is 9.48 Å². The van der Waals surface area contributed by atoms with Crippen molar-refractivity contribution in [2.24, 2.45) is 5.73 Å². The number of rotatable bonds is 3. The highest BCUT2D eigenvalue weighted by Gasteiger charge is 2.19. The minimum Gasteiger partial charge on any atom is -0.339 e. The summed E-state index contributed by atoms with van der Waals surface area (Å²) in [6, 6.07) is 10.2. The molecule has 2 aromatic rings. The SMILES string of the molecule is Cc1cc(C)n(Cc2ccc(C(=O)N3CCC[C@@H](N)CC3)cc2)n1. The fraction of sp³-hybridized carbons (Fsp3) is 0.474. The Morgan fingerprint density at radius 3 is 2.62 bits per heavy atom. The Bertz CT molecular complexity index is 705. The second kappa shape index (κ2) is 7.18. The Hall–Kier alpha value is -2.14. The van der Waals surface area contributed by atoms with Gasteiger partial charge in [-0.1, -0.05) is 12.1 Å². The Kier molecular flexibility index (Phi) is 5.00. The van der Waals surface area contributed by atoms with Crippen molar-refractivity contribution in [3.05, 3.63) is 52.8 Å². The highest BCUT2D eigenvalue weighted by Crippen LogP contribution is 2.15. The molecule has 3 rings (SSSR count). The molecule has 0 unspecified atom stereocenters. The molecule has 0 aliphatic carbocycles. The number of carbonyl (C=O) groups is 1. The van der Waals surface area contributed by atoms with Crippen LogP contribution >= 0.6 is 0 Å². The van der Waals surface area contributed by atoms with E-state index in [-0.39, 0.29) is 11.9 Å². The molecule has 1 aromatic carbocycles. The van der Waals surface area contributed by atoms with Crippen LogP contribution < -0.4 is 5.73 Å². The van der Waals surface area contributed by atoms with Crippen molar-refractivity contribution in [1.29, 1.82) is 0 Å². The molecule has 0 saturated carbocycles. The molecule has 2 N–H and O–H groups in total. The number of nitrogens with zero attached hydrogens (tertiary/aromatic N) is 3. The summed E-state index contributed by atoms with van der Waals surface area (Å²) in [6.45, 7) is 6.35. The first-order chi connectivity index (χ1) is 11.5. The van der Waals surface area contributed by atoms with Gasteiger partial charge >= 0.3 is 0 Å². The lowest BCUT2D eigenvalue weighted by atomic mass is 10.1. The fourth-order valence-electron chi connectivity index (χ4n) is 3.27. The van der Waals surface area contributed by atoms with Crippen LogP contribution in [0.5, 0.6) is 0 Å². The molecule has 0 bridgehead atoms. The maximum absolute atomic E-state index is 12.7. The molecule has 2 heterocycles. The average Bonchev–Trinajstić information content (AvgIpc) is 2.74. The van der Waals surface area contributed by atoms with Crippen LogP contribution in [0.1, 0.15) is 46.6 Å². The fourth-order valence-corrected chi connectivity index (χ4v) is 3.27. The third-order valence-corrected chi connectivity index (χ3v) is 4.70. The van der Waals surface area contributed by atoms with Crippen molar-refractivity contribution in [3.8, 4) is 0 Å². The lowest BCUT2D eigenvalue weighted by Crippen LogP contribution is -2.32. The van der Waals surface area contributed by atoms with Gasteiger partial charge in [-0.25, -0.2) is 0 Å². The number of benzene rings is 1. The molecular formula is C19H26N4O. The maximum Gasteiger partial charge on any atom is 0.253 e. The number of aryl methyl sites for hydroxylation is 2. The third kappa shape index (κ3) is 3.85. The third-order valence-electron chi connectivity index (χ3n) is 4.70. The summed E-state index contributed by atoms with van der Waals surface area (Å²) in [7, 11) is 0. The minimum atomic E-state index is 0.113. The van der Waals surface area contributed by atoms with Gasteiger partial charge in [-0.05, 0) is 56.9 Å². The van der Waals surface area contributed by atoms with Gasteiger partial charge in [-0.2, -0.15) is 5.10 Å². The van der Waals surface area contributed by atoms with E-state index in [9.17, 15) is 4.79 Å². The van der Waals surface area contributed by atoms with Crippen molar-refractivity contribution in [2.45, 2.75) is 45.7 Å². The molecule has 1 aromatic heterocycles. The molecular weight excluding hydrogens is 300 g/mol. The van der Waals surface area contributed by atoms with Gasteiger partial charge in [0.1, 0.15) is 0 Å². The first kappa shape index (κ1) is 16.7. The molecule has 1 saturated heterocycles. The van der Waals surface area contributed by atoms with E-state index in [1.807, 2.05) is 40.8 Å². The van der Waals surface area contributed by atoms with E-state index in [1.54, 1.807) is 0 Å². The predicted molar refractivity (Wildman–Crippen MR) is 95.0 cm³/mol. The van der Waals surface area contributed by atoms with Crippen molar-refractivity contribution in [2.75, 3.05) is 13.1 Å². The van der Waals surface area contributed by atoms with E-state index in [0.29, 0.717) is 0 Å². The Balaban J connectivity index is 1.67. The van der Waals surface area contributed by atoms with Crippen molar-refractivity contribution < 1.29 is 4.79 Å². The number of amides is 1. The van der Waals surface area contributed by atoms with E-state index < -0.39 is 0 Å². The van der Waals surface area contributed by atoms with Crippen LogP contribution in [0.2, 0.25) is 0 Å². The van der Waals surface area contributed by atoms with Gasteiger partial charge in [0.05, 0.1) is 12.2 Å². The highest BCUT2D eigenvalue weighted by molar-refractivity contribution is 5.94. The van der Waals surface area contributed by atoms with Crippen molar-refractivity contribution in [1.82, 2.24) is 14.7 Å². The van der Waals surface area contributed by atoms with Crippen LogP contribution in [0.3, 0.4) is 0 Å². The lowest BCUT2D eigenvalue weighted by Gasteiger charge is -2.20. The summed E-state index contributed by atoms with van der Waals surface area (Å²) < 4.78 is 1.99. The number of carbonyl (C=O) groups excluding carboxylic acids is 1. The Labute approximate surface area is 143 Å². The lowest BCUT2D eigenvalue weighted by molar-refractivity contribution is 0.0761. The Morgan fingerprint density at radius 1 is 1.21 bits per heavy atom. The molecule has 1 aliphatic heterocycles. The maximum atomic E-state index is 12.7. The topological polar surface area (TPSA) is 64.2 Å². The summed E-state index contributed by atoms with van der Waals surface area (Å²) in [5.74, 6) is 0.113. The van der Waals surface area contributed by atoms with Crippen LogP contribution in [0, 0.1) is 13.8 Å². The van der Waals surface area contributed by atoms with Crippen LogP contribution in [0.25, 0.3) is 0 Å². The number of aromatic nitrogens is 2. The first-order valence-corrected chi connectivity index (χ1v) is 8.68. The van der Waals surface area contributed by atoms with Crippen LogP contribution in [0.4, 0.5) is 0 Å². The largest absolute Gasteiger partial charge is 0.339 e. The van der Waals surface area contributed by atoms with E-state index in [4.69, 9.17) is 5.73 Å². The summed E-state index contributed by atoms with van der Waals surface area (Å²) in [6.07, 6.45) is 2.88. The van der Waals surface area contributed by atoms with Gasteiger partial charge < -0.3 is 10.6 Å². The zero-order chi connectivity index (χ0) is 17.1. The molecule has 24 heavy (non-hydrogen) atoms. The van der Waals surface area contributed by atoms with Crippen LogP contribution in [-0.2, 0) is 6.54 Å². The van der Waals surface area contributed by atoms with Gasteiger partial charge in [0, 0.05) is 30.4 Å². The summed E-state index contributed by atoms with van der Waals surface area (Å²) in [5.41, 5.74) is 10.1. The van der Waals surface area contributed by atoms with Gasteiger partial charge in [0.2, 0.25) is 0 Å². The Morgan fingerprint density at radius 2 is 1.96 bits per heavy atom. The molecule has 0 radical (unpaired) electrons. The molecule has 1 fully saturated rings. The highest BCUT2D eigenvalue weighted by atomic mass is 16.2. The summed E-state index contributed by atoms with van der Waals surface area (Å²) >= 11 is 0. The first-order valence-electron chi connectivity index (χ1n) is 8.68. The summed E-state index contributed by atoms with van der Waals surface area (Å²) in [4.78, 5) is 14.6. The molecule has 5 heteroatoms. The van der Waals surface area contributed by atoms with Crippen molar-refractivity contribution in [3.63, 3.8) is 0 Å². The zero-order valence-corrected chi connectivity index (χ0v) is 14.5. The second-order valence-electron chi connectivity index (χ2n) is 6.76. The van der Waals surface area contributed by atoms with Gasteiger partial charge in [-0.15, -0.1) is 0 Å². The molecule has 1 atom stereocenters. The normalized spacial score (nSPS) is 18.5. The van der Waals surface area contributed by atoms with E-state index in [0.717, 1.165) is 61.4 Å². The second-order valence-corrected chi connectivity index (χ2v) is 6.76. The standard InChI is InChI=1S/C19H26N4O/c1-14-12-15(2)23(21-14)13-16-5-7-17(8-6-16)19(24)22-10-3-4-18(20)9-11-22/h5-8,12,18H,3-4,9-11,13,20H2,1-2H3/t18-/m1/s1. The molecule has 128 valence electrons. The van der Waals surface area contributed by atoms with Crippen molar-refractivity contribution >= 4 is 5.91 Å². The van der Waals surface area contributed by atoms with E-state index >= 15 is 0 Å². The van der Waals surface area contributed by atoms with E-state index in [2.05, 4.69) is 18.1 Å². The van der Waals surface area contributed by atoms with E-state index in [1.165, 1.54) is 0 Å². The molecule has 0 spiro atoms. The van der Waals surface area contributed by atoms with Crippen LogP contribution in [0.15, 0.2) is 30.3 Å². The zero-order valence-electron chi connectivity index (χ0n) is 14.5. The van der Waals surface area contributed by atoms with Crippen LogP contribution in [-0.4, -0.2) is 39.7 Å².